The van der Waals surface area contributed by atoms with Gasteiger partial charge < -0.3 is 10.0 Å². The topological polar surface area (TPSA) is 89.5 Å². The fraction of sp³-hybridized carbons (Fsp3) is 0.267. The number of likely N-dealkylation sites (N-methyl/N-ethyl adjacent to an activating group) is 1. The highest BCUT2D eigenvalue weighted by Gasteiger charge is 2.22. The van der Waals surface area contributed by atoms with E-state index in [4.69, 9.17) is 5.11 Å². The Morgan fingerprint density at radius 1 is 1.27 bits per heavy atom. The smallest absolute Gasteiger partial charge is 0.353 e. The monoisotopic (exact) mass is 300 g/mol. The Kier molecular flexibility index (Phi) is 3.64. The number of rotatable bonds is 3. The van der Waals surface area contributed by atoms with Crippen molar-refractivity contribution in [3.63, 3.8) is 0 Å². The van der Waals surface area contributed by atoms with E-state index in [0.717, 1.165) is 17.8 Å². The van der Waals surface area contributed by atoms with Crippen molar-refractivity contribution in [3.05, 3.63) is 36.0 Å². The van der Waals surface area contributed by atoms with Crippen LogP contribution in [0.4, 0.5) is 5.69 Å². The number of carboxylic acids is 1. The number of aromatic amines is 1. The maximum atomic E-state index is 12.0. The normalized spacial score (nSPS) is 16.0. The molecule has 0 saturated carbocycles. The summed E-state index contributed by atoms with van der Waals surface area (Å²) in [6.07, 6.45) is 0. The van der Waals surface area contributed by atoms with Crippen molar-refractivity contribution >= 4 is 17.6 Å². The van der Waals surface area contributed by atoms with E-state index in [2.05, 4.69) is 10.2 Å². The predicted octanol–water partition coefficient (Wildman–Crippen LogP) is 1.05. The summed E-state index contributed by atoms with van der Waals surface area (Å²) in [5.41, 5.74) is 2.26. The lowest BCUT2D eigenvalue weighted by molar-refractivity contribution is -0.120. The second kappa shape index (κ2) is 5.61. The molecule has 1 aliphatic rings. The quantitative estimate of drug-likeness (QED) is 0.884. The van der Waals surface area contributed by atoms with Gasteiger partial charge in [0.15, 0.2) is 0 Å². The number of carbonyl (C=O) groups excluding carboxylic acids is 1. The van der Waals surface area contributed by atoms with Crippen LogP contribution >= 0.6 is 0 Å². The van der Waals surface area contributed by atoms with Crippen LogP contribution in [0, 0.1) is 0 Å². The number of piperazine rings is 1. The van der Waals surface area contributed by atoms with Gasteiger partial charge in [0.2, 0.25) is 5.91 Å². The predicted molar refractivity (Wildman–Crippen MR) is 80.8 cm³/mol. The summed E-state index contributed by atoms with van der Waals surface area (Å²) < 4.78 is 0. The SMILES string of the molecule is CN1CCN(c2ccc(-c3cc(C(=O)O)[nH]n3)cc2)C(=O)C1. The van der Waals surface area contributed by atoms with Crippen molar-refractivity contribution < 1.29 is 14.7 Å². The summed E-state index contributed by atoms with van der Waals surface area (Å²) in [6.45, 7) is 1.93. The summed E-state index contributed by atoms with van der Waals surface area (Å²) in [5, 5.41) is 15.3. The Bertz CT molecular complexity index is 708. The van der Waals surface area contributed by atoms with Crippen LogP contribution in [-0.2, 0) is 4.79 Å². The van der Waals surface area contributed by atoms with E-state index in [-0.39, 0.29) is 11.6 Å². The molecule has 2 heterocycles. The van der Waals surface area contributed by atoms with Crippen LogP contribution in [0.2, 0.25) is 0 Å². The molecule has 114 valence electrons. The first-order valence-corrected chi connectivity index (χ1v) is 6.92. The summed E-state index contributed by atoms with van der Waals surface area (Å²) in [4.78, 5) is 26.6. The number of nitrogens with one attached hydrogen (secondary N) is 1. The molecular weight excluding hydrogens is 284 g/mol. The van der Waals surface area contributed by atoms with Gasteiger partial charge in [0.05, 0.1) is 12.2 Å². The summed E-state index contributed by atoms with van der Waals surface area (Å²) in [5.74, 6) is -0.965. The summed E-state index contributed by atoms with van der Waals surface area (Å²) >= 11 is 0. The van der Waals surface area contributed by atoms with Gasteiger partial charge in [0.25, 0.3) is 0 Å². The van der Waals surface area contributed by atoms with E-state index in [0.29, 0.717) is 18.8 Å². The molecule has 1 aromatic carbocycles. The average molecular weight is 300 g/mol. The second-order valence-corrected chi connectivity index (χ2v) is 5.30. The van der Waals surface area contributed by atoms with Gasteiger partial charge in [-0.1, -0.05) is 12.1 Å². The Labute approximate surface area is 127 Å². The first-order chi connectivity index (χ1) is 10.5. The first-order valence-electron chi connectivity index (χ1n) is 6.92. The molecule has 7 nitrogen and oxygen atoms in total. The van der Waals surface area contributed by atoms with Crippen molar-refractivity contribution in [1.82, 2.24) is 15.1 Å². The molecular formula is C15H16N4O3. The highest BCUT2D eigenvalue weighted by Crippen LogP contribution is 2.23. The molecule has 0 unspecified atom stereocenters. The van der Waals surface area contributed by atoms with Crippen LogP contribution in [-0.4, -0.2) is 58.8 Å². The number of amides is 1. The third-order valence-electron chi connectivity index (χ3n) is 3.69. The molecule has 0 atom stereocenters. The van der Waals surface area contributed by atoms with Crippen LogP contribution in [0.3, 0.4) is 0 Å². The third-order valence-corrected chi connectivity index (χ3v) is 3.69. The molecule has 0 bridgehead atoms. The molecule has 2 N–H and O–H groups in total. The Morgan fingerprint density at radius 3 is 2.59 bits per heavy atom. The van der Waals surface area contributed by atoms with Crippen LogP contribution < -0.4 is 4.90 Å². The summed E-state index contributed by atoms with van der Waals surface area (Å²) in [6, 6.07) is 8.87. The number of carbonyl (C=O) groups is 2. The maximum Gasteiger partial charge on any atom is 0.353 e. The fourth-order valence-corrected chi connectivity index (χ4v) is 2.46. The number of aromatic nitrogens is 2. The highest BCUT2D eigenvalue weighted by atomic mass is 16.4. The zero-order valence-corrected chi connectivity index (χ0v) is 12.1. The lowest BCUT2D eigenvalue weighted by atomic mass is 10.1. The van der Waals surface area contributed by atoms with Crippen LogP contribution in [0.5, 0.6) is 0 Å². The average Bonchev–Trinajstić information content (AvgIpc) is 2.98. The Balaban J connectivity index is 1.80. The highest BCUT2D eigenvalue weighted by molar-refractivity contribution is 5.95. The van der Waals surface area contributed by atoms with Gasteiger partial charge in [0, 0.05) is 24.3 Å². The van der Waals surface area contributed by atoms with Gasteiger partial charge in [-0.05, 0) is 25.2 Å². The zero-order chi connectivity index (χ0) is 15.7. The van der Waals surface area contributed by atoms with Gasteiger partial charge >= 0.3 is 5.97 Å². The maximum absolute atomic E-state index is 12.0. The minimum Gasteiger partial charge on any atom is -0.477 e. The molecule has 1 saturated heterocycles. The number of H-pyrrole nitrogens is 1. The van der Waals surface area contributed by atoms with Gasteiger partial charge in [0.1, 0.15) is 5.69 Å². The zero-order valence-electron chi connectivity index (χ0n) is 12.1. The van der Waals surface area contributed by atoms with Crippen LogP contribution in [0.25, 0.3) is 11.3 Å². The molecule has 7 heteroatoms. The van der Waals surface area contributed by atoms with E-state index in [1.165, 1.54) is 6.07 Å². The number of carboxylic acid groups (broad SMARTS) is 1. The van der Waals surface area contributed by atoms with Crippen molar-refractivity contribution in [2.24, 2.45) is 0 Å². The molecule has 1 aromatic heterocycles. The standard InChI is InChI=1S/C15H16N4O3/c1-18-6-7-19(14(20)9-18)11-4-2-10(3-5-11)12-8-13(15(21)22)17-16-12/h2-5,8H,6-7,9H2,1H3,(H,16,17)(H,21,22). The minimum atomic E-state index is -1.04. The lowest BCUT2D eigenvalue weighted by Crippen LogP contribution is -2.48. The van der Waals surface area contributed by atoms with E-state index in [9.17, 15) is 9.59 Å². The lowest BCUT2D eigenvalue weighted by Gasteiger charge is -2.32. The second-order valence-electron chi connectivity index (χ2n) is 5.30. The molecule has 0 spiro atoms. The number of hydrogen-bond donors (Lipinski definition) is 2. The Morgan fingerprint density at radius 2 is 2.00 bits per heavy atom. The van der Waals surface area contributed by atoms with Crippen molar-refractivity contribution in [3.8, 4) is 11.3 Å². The third kappa shape index (κ3) is 2.71. The number of aromatic carboxylic acids is 1. The summed E-state index contributed by atoms with van der Waals surface area (Å²) in [7, 11) is 1.93. The Hall–Kier alpha value is -2.67. The molecule has 1 amide bonds. The van der Waals surface area contributed by atoms with E-state index >= 15 is 0 Å². The molecule has 2 aromatic rings. The van der Waals surface area contributed by atoms with Crippen molar-refractivity contribution in [2.45, 2.75) is 0 Å². The number of nitrogens with zero attached hydrogens (tertiary/aromatic N) is 3. The van der Waals surface area contributed by atoms with Crippen LogP contribution in [0.1, 0.15) is 10.5 Å². The molecule has 1 aliphatic heterocycles. The number of benzene rings is 1. The molecule has 0 aliphatic carbocycles. The molecule has 22 heavy (non-hydrogen) atoms. The van der Waals surface area contributed by atoms with E-state index < -0.39 is 5.97 Å². The van der Waals surface area contributed by atoms with Gasteiger partial charge in [-0.15, -0.1) is 0 Å². The van der Waals surface area contributed by atoms with E-state index in [1.54, 1.807) is 4.90 Å². The van der Waals surface area contributed by atoms with Gasteiger partial charge in [-0.25, -0.2) is 4.79 Å². The van der Waals surface area contributed by atoms with Crippen molar-refractivity contribution in [2.75, 3.05) is 31.6 Å². The first kappa shape index (κ1) is 14.3. The molecule has 0 radical (unpaired) electrons. The number of hydrogen-bond acceptors (Lipinski definition) is 4. The molecule has 3 rings (SSSR count). The van der Waals surface area contributed by atoms with Gasteiger partial charge in [-0.3, -0.25) is 14.8 Å². The number of anilines is 1. The molecule has 1 fully saturated rings. The van der Waals surface area contributed by atoms with Gasteiger partial charge in [-0.2, -0.15) is 5.10 Å². The largest absolute Gasteiger partial charge is 0.477 e. The fourth-order valence-electron chi connectivity index (χ4n) is 2.46. The minimum absolute atomic E-state index is 0.0494. The van der Waals surface area contributed by atoms with Crippen molar-refractivity contribution in [1.29, 1.82) is 0 Å². The van der Waals surface area contributed by atoms with Crippen LogP contribution in [0.15, 0.2) is 30.3 Å². The van der Waals surface area contributed by atoms with E-state index in [1.807, 2.05) is 36.2 Å².